The maximum atomic E-state index is 13.5. The third kappa shape index (κ3) is 4.18. The number of aryl methyl sites for hydroxylation is 1. The number of hydrogen-bond donors (Lipinski definition) is 0. The maximum Gasteiger partial charge on any atom is 0.298 e. The zero-order chi connectivity index (χ0) is 21.7. The lowest BCUT2D eigenvalue weighted by Crippen LogP contribution is -2.35. The van der Waals surface area contributed by atoms with Crippen LogP contribution in [-0.4, -0.2) is 8.42 Å². The van der Waals surface area contributed by atoms with E-state index in [9.17, 15) is 8.42 Å². The van der Waals surface area contributed by atoms with Crippen molar-refractivity contribution >= 4 is 10.1 Å². The minimum Gasteiger partial charge on any atom is -0.245 e. The van der Waals surface area contributed by atoms with Crippen LogP contribution in [0.4, 0.5) is 0 Å². The van der Waals surface area contributed by atoms with Crippen LogP contribution in [0, 0.1) is 0 Å². The highest BCUT2D eigenvalue weighted by molar-refractivity contribution is 7.86. The Bertz CT molecular complexity index is 1120. The van der Waals surface area contributed by atoms with Crippen molar-refractivity contribution in [3.05, 3.63) is 138 Å². The molecule has 0 unspecified atom stereocenters. The highest BCUT2D eigenvalue weighted by Gasteiger charge is 2.42. The molecule has 0 N–H and O–H groups in total. The third-order valence-electron chi connectivity index (χ3n) is 5.40. The van der Waals surface area contributed by atoms with Gasteiger partial charge in [-0.1, -0.05) is 110 Å². The van der Waals surface area contributed by atoms with Gasteiger partial charge >= 0.3 is 0 Å². The Morgan fingerprint density at radius 1 is 0.613 bits per heavy atom. The summed E-state index contributed by atoms with van der Waals surface area (Å²) in [6.45, 7) is 2.03. The monoisotopic (exact) mass is 428 g/mol. The van der Waals surface area contributed by atoms with Crippen LogP contribution in [-0.2, 0) is 26.3 Å². The normalized spacial score (nSPS) is 11.9. The van der Waals surface area contributed by atoms with E-state index in [1.165, 1.54) is 0 Å². The first-order chi connectivity index (χ1) is 15.1. The Hall–Kier alpha value is -3.21. The predicted octanol–water partition coefficient (Wildman–Crippen LogP) is 5.95. The fourth-order valence-electron chi connectivity index (χ4n) is 3.77. The van der Waals surface area contributed by atoms with E-state index in [2.05, 4.69) is 0 Å². The smallest absolute Gasteiger partial charge is 0.245 e. The Morgan fingerprint density at radius 3 is 1.35 bits per heavy atom. The van der Waals surface area contributed by atoms with Crippen molar-refractivity contribution < 1.29 is 12.6 Å². The number of benzene rings is 4. The highest BCUT2D eigenvalue weighted by atomic mass is 32.2. The summed E-state index contributed by atoms with van der Waals surface area (Å²) in [6.07, 6.45) is 0.836. The molecule has 0 bridgehead atoms. The van der Waals surface area contributed by atoms with Crippen LogP contribution < -0.4 is 0 Å². The van der Waals surface area contributed by atoms with Gasteiger partial charge in [-0.3, -0.25) is 0 Å². The first-order valence-corrected chi connectivity index (χ1v) is 11.7. The summed E-state index contributed by atoms with van der Waals surface area (Å²) in [5, 5.41) is 0. The molecule has 0 radical (unpaired) electrons. The zero-order valence-electron chi connectivity index (χ0n) is 17.3. The van der Waals surface area contributed by atoms with Crippen molar-refractivity contribution in [2.75, 3.05) is 0 Å². The summed E-state index contributed by atoms with van der Waals surface area (Å²) in [5.74, 6) is 0. The predicted molar refractivity (Wildman–Crippen MR) is 123 cm³/mol. The van der Waals surface area contributed by atoms with Crippen LogP contribution in [0.3, 0.4) is 0 Å². The Balaban J connectivity index is 1.96. The molecule has 4 rings (SSSR count). The van der Waals surface area contributed by atoms with Gasteiger partial charge in [-0.15, -0.1) is 0 Å². The summed E-state index contributed by atoms with van der Waals surface area (Å²) in [7, 11) is -4.09. The van der Waals surface area contributed by atoms with Crippen molar-refractivity contribution in [3.63, 3.8) is 0 Å². The van der Waals surface area contributed by atoms with Crippen LogP contribution >= 0.6 is 0 Å². The van der Waals surface area contributed by atoms with E-state index in [4.69, 9.17) is 4.18 Å². The Morgan fingerprint density at radius 2 is 1.00 bits per heavy atom. The van der Waals surface area contributed by atoms with Crippen LogP contribution in [0.2, 0.25) is 0 Å². The topological polar surface area (TPSA) is 43.4 Å². The van der Waals surface area contributed by atoms with Gasteiger partial charge in [0.1, 0.15) is 0 Å². The van der Waals surface area contributed by atoms with Gasteiger partial charge in [-0.25, -0.2) is 4.18 Å². The van der Waals surface area contributed by atoms with Crippen LogP contribution in [0.5, 0.6) is 0 Å². The molecule has 4 aromatic carbocycles. The van der Waals surface area contributed by atoms with E-state index in [1.807, 2.05) is 110 Å². The molecule has 0 aliphatic rings. The second kappa shape index (κ2) is 8.88. The molecular weight excluding hydrogens is 404 g/mol. The van der Waals surface area contributed by atoms with Gasteiger partial charge in [0, 0.05) is 0 Å². The van der Waals surface area contributed by atoms with Gasteiger partial charge in [0.2, 0.25) is 0 Å². The van der Waals surface area contributed by atoms with Crippen LogP contribution in [0.15, 0.2) is 120 Å². The largest absolute Gasteiger partial charge is 0.298 e. The van der Waals surface area contributed by atoms with Gasteiger partial charge < -0.3 is 0 Å². The maximum absolute atomic E-state index is 13.5. The van der Waals surface area contributed by atoms with Crippen LogP contribution in [0.1, 0.15) is 29.2 Å². The standard InChI is InChI=1S/C27H24O3S/c1-2-22-18-20-26(21-19-22)31(28,29)30-27(23-12-6-3-7-13-23,24-14-8-4-9-15-24)25-16-10-5-11-17-25/h3-21H,2H2,1H3. The molecule has 0 atom stereocenters. The second-order valence-corrected chi connectivity index (χ2v) is 8.86. The van der Waals surface area contributed by atoms with E-state index in [-0.39, 0.29) is 4.90 Å². The molecule has 0 spiro atoms. The molecule has 3 nitrogen and oxygen atoms in total. The molecule has 4 aromatic rings. The summed E-state index contributed by atoms with van der Waals surface area (Å²) in [5.41, 5.74) is 1.95. The average Bonchev–Trinajstić information content (AvgIpc) is 2.84. The molecule has 0 heterocycles. The fourth-order valence-corrected chi connectivity index (χ4v) is 4.95. The van der Waals surface area contributed by atoms with E-state index in [0.717, 1.165) is 28.7 Å². The number of rotatable bonds is 7. The second-order valence-electron chi connectivity index (χ2n) is 7.31. The summed E-state index contributed by atoms with van der Waals surface area (Å²) >= 11 is 0. The molecule has 4 heteroatoms. The molecular formula is C27H24O3S. The van der Waals surface area contributed by atoms with Crippen molar-refractivity contribution in [3.8, 4) is 0 Å². The van der Waals surface area contributed by atoms with Gasteiger partial charge in [0.05, 0.1) is 4.90 Å². The molecule has 0 saturated heterocycles. The average molecular weight is 429 g/mol. The molecule has 0 saturated carbocycles. The minimum atomic E-state index is -4.09. The van der Waals surface area contributed by atoms with Crippen molar-refractivity contribution in [2.45, 2.75) is 23.8 Å². The number of hydrogen-bond acceptors (Lipinski definition) is 3. The molecule has 0 fully saturated rings. The van der Waals surface area contributed by atoms with E-state index in [0.29, 0.717) is 0 Å². The van der Waals surface area contributed by atoms with E-state index < -0.39 is 15.7 Å². The highest BCUT2D eigenvalue weighted by Crippen LogP contribution is 2.42. The van der Waals surface area contributed by atoms with E-state index in [1.54, 1.807) is 12.1 Å². The molecule has 0 aliphatic carbocycles. The Kier molecular flexibility index (Phi) is 6.03. The van der Waals surface area contributed by atoms with Crippen molar-refractivity contribution in [1.82, 2.24) is 0 Å². The Labute approximate surface area is 184 Å². The molecule has 156 valence electrons. The van der Waals surface area contributed by atoms with Crippen molar-refractivity contribution in [2.24, 2.45) is 0 Å². The lowest BCUT2D eigenvalue weighted by Gasteiger charge is -2.34. The minimum absolute atomic E-state index is 0.136. The molecule has 0 aromatic heterocycles. The van der Waals surface area contributed by atoms with Gasteiger partial charge in [0.15, 0.2) is 5.60 Å². The lowest BCUT2D eigenvalue weighted by molar-refractivity contribution is 0.164. The summed E-state index contributed by atoms with van der Waals surface area (Å²) < 4.78 is 33.3. The quantitative estimate of drug-likeness (QED) is 0.270. The first kappa shape index (κ1) is 21.0. The summed E-state index contributed by atoms with van der Waals surface area (Å²) in [4.78, 5) is 0.136. The first-order valence-electron chi connectivity index (χ1n) is 10.3. The SMILES string of the molecule is CCc1ccc(S(=O)(=O)OC(c2ccccc2)(c2ccccc2)c2ccccc2)cc1. The van der Waals surface area contributed by atoms with Gasteiger partial charge in [-0.2, -0.15) is 8.42 Å². The fraction of sp³-hybridized carbons (Fsp3) is 0.111. The van der Waals surface area contributed by atoms with E-state index >= 15 is 0 Å². The van der Waals surface area contributed by atoms with Crippen molar-refractivity contribution in [1.29, 1.82) is 0 Å². The summed E-state index contributed by atoms with van der Waals surface area (Å²) in [6, 6.07) is 35.3. The van der Waals surface area contributed by atoms with Crippen LogP contribution in [0.25, 0.3) is 0 Å². The van der Waals surface area contributed by atoms with Gasteiger partial charge in [-0.05, 0) is 40.8 Å². The molecule has 0 aliphatic heterocycles. The molecule has 31 heavy (non-hydrogen) atoms. The third-order valence-corrected chi connectivity index (χ3v) is 6.71. The lowest BCUT2D eigenvalue weighted by atomic mass is 9.80. The molecule has 0 amide bonds. The zero-order valence-corrected chi connectivity index (χ0v) is 18.1. The van der Waals surface area contributed by atoms with Gasteiger partial charge in [0.25, 0.3) is 10.1 Å².